The Morgan fingerprint density at radius 2 is 1.88 bits per heavy atom. The fourth-order valence-electron chi connectivity index (χ4n) is 1.26. The second kappa shape index (κ2) is 5.53. The largest absolute Gasteiger partial charge is 0.288 e. The lowest BCUT2D eigenvalue weighted by Crippen LogP contribution is -1.99. The lowest BCUT2D eigenvalue weighted by Gasteiger charge is -2.02. The van der Waals surface area contributed by atoms with Crippen molar-refractivity contribution in [2.24, 2.45) is 0 Å². The molecule has 0 aliphatic rings. The van der Waals surface area contributed by atoms with Gasteiger partial charge in [-0.15, -0.1) is 11.3 Å². The molecular weight excluding hydrogens is 455 g/mol. The van der Waals surface area contributed by atoms with Gasteiger partial charge in [-0.3, -0.25) is 4.79 Å². The highest BCUT2D eigenvalue weighted by Gasteiger charge is 2.17. The van der Waals surface area contributed by atoms with Gasteiger partial charge in [0.1, 0.15) is 0 Å². The SMILES string of the molecule is O=C(c1cc(Br)c(Br)s1)c1cc(Br)ccc1Cl. The van der Waals surface area contributed by atoms with E-state index in [1.54, 1.807) is 24.3 Å². The summed E-state index contributed by atoms with van der Waals surface area (Å²) in [6.45, 7) is 0. The van der Waals surface area contributed by atoms with Crippen molar-refractivity contribution in [2.45, 2.75) is 0 Å². The molecule has 0 N–H and O–H groups in total. The fraction of sp³-hybridized carbons (Fsp3) is 0. The highest BCUT2D eigenvalue weighted by molar-refractivity contribution is 9.13. The summed E-state index contributed by atoms with van der Waals surface area (Å²) >= 11 is 17.5. The molecule has 17 heavy (non-hydrogen) atoms. The van der Waals surface area contributed by atoms with Gasteiger partial charge in [0, 0.05) is 14.5 Å². The zero-order chi connectivity index (χ0) is 12.6. The second-order valence-corrected chi connectivity index (χ2v) is 7.73. The Morgan fingerprint density at radius 1 is 1.18 bits per heavy atom. The maximum atomic E-state index is 12.2. The minimum atomic E-state index is -0.0762. The van der Waals surface area contributed by atoms with Gasteiger partial charge in [0.05, 0.1) is 13.7 Å². The van der Waals surface area contributed by atoms with E-state index in [4.69, 9.17) is 11.6 Å². The number of carbonyl (C=O) groups is 1. The van der Waals surface area contributed by atoms with Gasteiger partial charge in [0.2, 0.25) is 5.78 Å². The smallest absolute Gasteiger partial charge is 0.204 e. The van der Waals surface area contributed by atoms with Crippen molar-refractivity contribution in [3.63, 3.8) is 0 Å². The van der Waals surface area contributed by atoms with Gasteiger partial charge in [-0.25, -0.2) is 0 Å². The van der Waals surface area contributed by atoms with E-state index in [1.165, 1.54) is 11.3 Å². The van der Waals surface area contributed by atoms with Crippen LogP contribution in [0.2, 0.25) is 5.02 Å². The molecule has 0 aliphatic heterocycles. The zero-order valence-electron chi connectivity index (χ0n) is 8.14. The Kier molecular flexibility index (Phi) is 4.47. The van der Waals surface area contributed by atoms with Gasteiger partial charge < -0.3 is 0 Å². The van der Waals surface area contributed by atoms with E-state index >= 15 is 0 Å². The van der Waals surface area contributed by atoms with Crippen LogP contribution >= 0.6 is 70.7 Å². The minimum Gasteiger partial charge on any atom is -0.288 e. The maximum absolute atomic E-state index is 12.2. The van der Waals surface area contributed by atoms with Crippen LogP contribution in [-0.2, 0) is 0 Å². The van der Waals surface area contributed by atoms with Crippen molar-refractivity contribution >= 4 is 76.5 Å². The average Bonchev–Trinajstić information content (AvgIpc) is 2.62. The first kappa shape index (κ1) is 13.7. The summed E-state index contributed by atoms with van der Waals surface area (Å²) in [7, 11) is 0. The van der Waals surface area contributed by atoms with E-state index in [9.17, 15) is 4.79 Å². The molecule has 2 aromatic rings. The molecule has 0 saturated heterocycles. The molecule has 0 amide bonds. The highest BCUT2D eigenvalue weighted by atomic mass is 79.9. The Labute approximate surface area is 133 Å². The summed E-state index contributed by atoms with van der Waals surface area (Å²) in [6.07, 6.45) is 0. The topological polar surface area (TPSA) is 17.1 Å². The molecule has 0 atom stereocenters. The predicted molar refractivity (Wildman–Crippen MR) is 82.3 cm³/mol. The Morgan fingerprint density at radius 3 is 2.47 bits per heavy atom. The molecule has 0 fully saturated rings. The van der Waals surface area contributed by atoms with Crippen molar-refractivity contribution in [2.75, 3.05) is 0 Å². The van der Waals surface area contributed by atoms with E-state index in [-0.39, 0.29) is 5.78 Å². The molecule has 2 rings (SSSR count). The zero-order valence-corrected chi connectivity index (χ0v) is 14.5. The van der Waals surface area contributed by atoms with E-state index < -0.39 is 0 Å². The maximum Gasteiger partial charge on any atom is 0.204 e. The lowest BCUT2D eigenvalue weighted by atomic mass is 10.1. The fourth-order valence-corrected chi connectivity index (χ4v) is 3.82. The molecule has 1 heterocycles. The van der Waals surface area contributed by atoms with Gasteiger partial charge in [0.25, 0.3) is 0 Å². The van der Waals surface area contributed by atoms with Gasteiger partial charge in [-0.2, -0.15) is 0 Å². The number of ketones is 1. The first-order chi connectivity index (χ1) is 7.99. The van der Waals surface area contributed by atoms with Gasteiger partial charge in [0.15, 0.2) is 0 Å². The summed E-state index contributed by atoms with van der Waals surface area (Å²) < 4.78 is 2.60. The van der Waals surface area contributed by atoms with Crippen molar-refractivity contribution in [1.82, 2.24) is 0 Å². The first-order valence-corrected chi connectivity index (χ1v) is 8.01. The number of thiophene rings is 1. The van der Waals surface area contributed by atoms with Crippen LogP contribution in [0.1, 0.15) is 15.2 Å². The quantitative estimate of drug-likeness (QED) is 0.510. The van der Waals surface area contributed by atoms with Gasteiger partial charge in [-0.05, 0) is 56.1 Å². The van der Waals surface area contributed by atoms with E-state index in [1.807, 2.05) is 0 Å². The number of halogens is 4. The summed E-state index contributed by atoms with van der Waals surface area (Å²) in [5.41, 5.74) is 0.502. The van der Waals surface area contributed by atoms with Crippen LogP contribution in [0.3, 0.4) is 0 Å². The van der Waals surface area contributed by atoms with E-state index in [2.05, 4.69) is 47.8 Å². The highest BCUT2D eigenvalue weighted by Crippen LogP contribution is 2.34. The number of rotatable bonds is 2. The molecule has 0 saturated carbocycles. The number of hydrogen-bond acceptors (Lipinski definition) is 2. The van der Waals surface area contributed by atoms with Crippen LogP contribution in [0.25, 0.3) is 0 Å². The van der Waals surface area contributed by atoms with Crippen LogP contribution in [0, 0.1) is 0 Å². The van der Waals surface area contributed by atoms with E-state index in [0.717, 1.165) is 12.7 Å². The molecule has 0 unspecified atom stereocenters. The van der Waals surface area contributed by atoms with Crippen LogP contribution in [0.15, 0.2) is 37.0 Å². The van der Waals surface area contributed by atoms with Crippen molar-refractivity contribution in [3.05, 3.63) is 52.5 Å². The molecule has 1 aromatic carbocycles. The molecule has 0 bridgehead atoms. The Balaban J connectivity index is 2.47. The Hall–Kier alpha value is 0.320. The lowest BCUT2D eigenvalue weighted by molar-refractivity contribution is 0.104. The number of carbonyl (C=O) groups excluding carboxylic acids is 1. The molecule has 0 spiro atoms. The molecule has 6 heteroatoms. The van der Waals surface area contributed by atoms with Crippen LogP contribution in [0.4, 0.5) is 0 Å². The first-order valence-electron chi connectivity index (χ1n) is 4.43. The number of hydrogen-bond donors (Lipinski definition) is 0. The summed E-state index contributed by atoms with van der Waals surface area (Å²) in [5, 5.41) is 0.457. The third-order valence-corrected chi connectivity index (χ3v) is 6.12. The number of benzene rings is 1. The molecule has 88 valence electrons. The summed E-state index contributed by atoms with van der Waals surface area (Å²) in [5.74, 6) is -0.0762. The van der Waals surface area contributed by atoms with Gasteiger partial charge >= 0.3 is 0 Å². The standard InChI is InChI=1S/C11H4Br3ClOS/c12-5-1-2-8(15)6(3-5)10(16)9-4-7(13)11(14)17-9/h1-4H. The minimum absolute atomic E-state index is 0.0762. The van der Waals surface area contributed by atoms with Crippen LogP contribution in [-0.4, -0.2) is 5.78 Å². The Bertz CT molecular complexity index is 575. The van der Waals surface area contributed by atoms with E-state index in [0.29, 0.717) is 15.5 Å². The van der Waals surface area contributed by atoms with Crippen LogP contribution < -0.4 is 0 Å². The third kappa shape index (κ3) is 3.01. The molecule has 1 aromatic heterocycles. The molecule has 1 nitrogen and oxygen atoms in total. The molecular formula is C11H4Br3ClOS. The average molecular weight is 459 g/mol. The summed E-state index contributed by atoms with van der Waals surface area (Å²) in [6, 6.07) is 7.02. The summed E-state index contributed by atoms with van der Waals surface area (Å²) in [4.78, 5) is 12.9. The molecule has 0 radical (unpaired) electrons. The van der Waals surface area contributed by atoms with Crippen LogP contribution in [0.5, 0.6) is 0 Å². The van der Waals surface area contributed by atoms with Crippen molar-refractivity contribution in [1.29, 1.82) is 0 Å². The molecule has 0 aliphatic carbocycles. The second-order valence-electron chi connectivity index (χ2n) is 3.19. The third-order valence-electron chi connectivity index (χ3n) is 2.04. The van der Waals surface area contributed by atoms with Crippen molar-refractivity contribution in [3.8, 4) is 0 Å². The van der Waals surface area contributed by atoms with Crippen molar-refractivity contribution < 1.29 is 4.79 Å². The predicted octanol–water partition coefficient (Wildman–Crippen LogP) is 5.92. The monoisotopic (exact) mass is 456 g/mol. The van der Waals surface area contributed by atoms with Gasteiger partial charge in [-0.1, -0.05) is 27.5 Å². The normalized spacial score (nSPS) is 10.6.